The topological polar surface area (TPSA) is 0 Å². The van der Waals surface area contributed by atoms with Crippen molar-refractivity contribution >= 4 is 11.8 Å². The molecule has 0 amide bonds. The van der Waals surface area contributed by atoms with Crippen LogP contribution in [0.15, 0.2) is 53.4 Å². The largest absolute Gasteiger partial charge is 0.121 e. The third kappa shape index (κ3) is 1.39. The highest BCUT2D eigenvalue weighted by atomic mass is 32.2. The molecular weight excluding hydrogens is 224 g/mol. The zero-order valence-corrected chi connectivity index (χ0v) is 10.4. The van der Waals surface area contributed by atoms with Gasteiger partial charge in [-0.3, -0.25) is 0 Å². The van der Waals surface area contributed by atoms with E-state index in [1.54, 1.807) is 16.7 Å². The maximum Gasteiger partial charge on any atom is 0.0226 e. The summed E-state index contributed by atoms with van der Waals surface area (Å²) in [6.45, 7) is 0. The van der Waals surface area contributed by atoms with E-state index in [1.807, 2.05) is 0 Å². The molecule has 84 valence electrons. The molecule has 0 radical (unpaired) electrons. The first-order valence-corrected chi connectivity index (χ1v) is 7.15. The Labute approximate surface area is 106 Å². The molecule has 0 spiro atoms. The van der Waals surface area contributed by atoms with Gasteiger partial charge in [0.1, 0.15) is 0 Å². The van der Waals surface area contributed by atoms with Crippen LogP contribution in [0.5, 0.6) is 0 Å². The van der Waals surface area contributed by atoms with E-state index in [0.29, 0.717) is 5.92 Å². The summed E-state index contributed by atoms with van der Waals surface area (Å²) in [7, 11) is 0. The van der Waals surface area contributed by atoms with Gasteiger partial charge in [0, 0.05) is 16.1 Å². The lowest BCUT2D eigenvalue weighted by Gasteiger charge is -2.28. The fourth-order valence-electron chi connectivity index (χ4n) is 3.23. The Bertz CT molecular complexity index is 573. The van der Waals surface area contributed by atoms with Crippen LogP contribution in [0.25, 0.3) is 0 Å². The normalized spacial score (nSPS) is 24.9. The number of benzene rings is 2. The molecule has 0 fully saturated rings. The van der Waals surface area contributed by atoms with Gasteiger partial charge < -0.3 is 0 Å². The van der Waals surface area contributed by atoms with Crippen LogP contribution in [-0.4, -0.2) is 5.25 Å². The minimum atomic E-state index is 0.640. The Morgan fingerprint density at radius 1 is 0.882 bits per heavy atom. The highest BCUT2D eigenvalue weighted by molar-refractivity contribution is 8.00. The molecular formula is C16H14S. The van der Waals surface area contributed by atoms with Crippen molar-refractivity contribution < 1.29 is 0 Å². The molecule has 1 aliphatic carbocycles. The van der Waals surface area contributed by atoms with Gasteiger partial charge in [0.05, 0.1) is 0 Å². The van der Waals surface area contributed by atoms with Crippen molar-refractivity contribution in [1.82, 2.24) is 0 Å². The van der Waals surface area contributed by atoms with E-state index in [-0.39, 0.29) is 0 Å². The molecule has 0 aromatic heterocycles. The van der Waals surface area contributed by atoms with Gasteiger partial charge in [0.2, 0.25) is 0 Å². The maximum atomic E-state index is 2.33. The lowest BCUT2D eigenvalue weighted by atomic mass is 9.79. The first kappa shape index (κ1) is 9.78. The summed E-state index contributed by atoms with van der Waals surface area (Å²) in [4.78, 5) is 1.50. The van der Waals surface area contributed by atoms with Crippen molar-refractivity contribution in [2.24, 2.45) is 0 Å². The zero-order chi connectivity index (χ0) is 11.2. The first-order chi connectivity index (χ1) is 8.43. The van der Waals surface area contributed by atoms with Gasteiger partial charge >= 0.3 is 0 Å². The van der Waals surface area contributed by atoms with E-state index in [0.717, 1.165) is 5.25 Å². The summed E-state index contributed by atoms with van der Waals surface area (Å²) < 4.78 is 0. The van der Waals surface area contributed by atoms with Gasteiger partial charge in [-0.1, -0.05) is 42.5 Å². The van der Waals surface area contributed by atoms with E-state index >= 15 is 0 Å². The van der Waals surface area contributed by atoms with Crippen molar-refractivity contribution in [2.75, 3.05) is 0 Å². The van der Waals surface area contributed by atoms with Crippen molar-refractivity contribution in [3.05, 3.63) is 65.2 Å². The molecule has 1 heterocycles. The van der Waals surface area contributed by atoms with Crippen LogP contribution in [-0.2, 0) is 6.42 Å². The van der Waals surface area contributed by atoms with Crippen molar-refractivity contribution in [1.29, 1.82) is 0 Å². The fraction of sp³-hybridized carbons (Fsp3) is 0.250. The Balaban J connectivity index is 1.92. The van der Waals surface area contributed by atoms with Crippen LogP contribution in [0.1, 0.15) is 29.0 Å². The Morgan fingerprint density at radius 3 is 2.59 bits per heavy atom. The third-order valence-corrected chi connectivity index (χ3v) is 5.43. The molecule has 2 unspecified atom stereocenters. The number of thioether (sulfide) groups is 1. The van der Waals surface area contributed by atoms with E-state index < -0.39 is 0 Å². The molecule has 0 saturated carbocycles. The molecule has 1 heteroatoms. The minimum absolute atomic E-state index is 0.640. The maximum absolute atomic E-state index is 2.33. The predicted octanol–water partition coefficient (Wildman–Crippen LogP) is 4.24. The lowest BCUT2D eigenvalue weighted by molar-refractivity contribution is 0.642. The van der Waals surface area contributed by atoms with Crippen molar-refractivity contribution in [3.63, 3.8) is 0 Å². The second-order valence-electron chi connectivity index (χ2n) is 4.91. The quantitative estimate of drug-likeness (QED) is 0.661. The molecule has 1 aliphatic heterocycles. The molecule has 0 saturated heterocycles. The van der Waals surface area contributed by atoms with Crippen LogP contribution in [0, 0.1) is 0 Å². The van der Waals surface area contributed by atoms with Crippen LogP contribution in [0.4, 0.5) is 0 Å². The van der Waals surface area contributed by atoms with E-state index in [1.165, 1.54) is 17.7 Å². The molecule has 17 heavy (non-hydrogen) atoms. The number of aryl methyl sites for hydroxylation is 1. The Hall–Kier alpha value is -1.21. The van der Waals surface area contributed by atoms with Crippen LogP contribution in [0.2, 0.25) is 0 Å². The van der Waals surface area contributed by atoms with Gasteiger partial charge in [-0.2, -0.15) is 0 Å². The van der Waals surface area contributed by atoms with E-state index in [2.05, 4.69) is 60.3 Å². The third-order valence-electron chi connectivity index (χ3n) is 3.99. The molecule has 4 rings (SSSR count). The summed E-state index contributed by atoms with van der Waals surface area (Å²) in [5.41, 5.74) is 4.68. The van der Waals surface area contributed by atoms with E-state index in [9.17, 15) is 0 Å². The summed E-state index contributed by atoms with van der Waals surface area (Å²) in [5, 5.41) is 0.766. The van der Waals surface area contributed by atoms with Crippen LogP contribution in [0.3, 0.4) is 0 Å². The second kappa shape index (κ2) is 3.64. The Morgan fingerprint density at radius 2 is 1.65 bits per heavy atom. The molecule has 0 N–H and O–H groups in total. The lowest BCUT2D eigenvalue weighted by Crippen LogP contribution is -2.19. The number of hydrogen-bond acceptors (Lipinski definition) is 1. The smallest absolute Gasteiger partial charge is 0.0226 e. The molecule has 0 bridgehead atoms. The van der Waals surface area contributed by atoms with E-state index in [4.69, 9.17) is 0 Å². The van der Waals surface area contributed by atoms with Gasteiger partial charge in [0.25, 0.3) is 0 Å². The second-order valence-corrected chi connectivity index (χ2v) is 6.19. The standard InChI is InChI=1S/C16H14S/c1-2-6-12-11(5-1)9-10-15-16(12)13-7-3-4-8-14(13)17-15/h1-8,15-16H,9-10H2. The minimum Gasteiger partial charge on any atom is -0.121 e. The van der Waals surface area contributed by atoms with Crippen molar-refractivity contribution in [3.8, 4) is 0 Å². The summed E-state index contributed by atoms with van der Waals surface area (Å²) in [5.74, 6) is 0.640. The van der Waals surface area contributed by atoms with Crippen molar-refractivity contribution in [2.45, 2.75) is 28.9 Å². The zero-order valence-electron chi connectivity index (χ0n) is 9.60. The molecule has 2 atom stereocenters. The highest BCUT2D eigenvalue weighted by Gasteiger charge is 2.37. The molecule has 2 aromatic carbocycles. The van der Waals surface area contributed by atoms with Crippen LogP contribution < -0.4 is 0 Å². The number of hydrogen-bond donors (Lipinski definition) is 0. The van der Waals surface area contributed by atoms with Gasteiger partial charge in [-0.05, 0) is 35.6 Å². The Kier molecular flexibility index (Phi) is 2.10. The fourth-order valence-corrected chi connectivity index (χ4v) is 4.71. The first-order valence-electron chi connectivity index (χ1n) is 6.27. The summed E-state index contributed by atoms with van der Waals surface area (Å²) >= 11 is 2.08. The van der Waals surface area contributed by atoms with Gasteiger partial charge in [-0.15, -0.1) is 11.8 Å². The van der Waals surface area contributed by atoms with Gasteiger partial charge in [-0.25, -0.2) is 0 Å². The number of rotatable bonds is 0. The predicted molar refractivity (Wildman–Crippen MR) is 72.7 cm³/mol. The average Bonchev–Trinajstić information content (AvgIpc) is 2.77. The monoisotopic (exact) mass is 238 g/mol. The number of fused-ring (bicyclic) bond motifs is 5. The highest BCUT2D eigenvalue weighted by Crippen LogP contribution is 2.52. The van der Waals surface area contributed by atoms with Crippen LogP contribution >= 0.6 is 11.8 Å². The molecule has 2 aromatic rings. The average molecular weight is 238 g/mol. The van der Waals surface area contributed by atoms with Gasteiger partial charge in [0.15, 0.2) is 0 Å². The SMILES string of the molecule is c1ccc2c(c1)CCC1Sc3ccccc3C21. The summed E-state index contributed by atoms with van der Waals surface area (Å²) in [6, 6.07) is 17.9. The molecule has 2 aliphatic rings. The molecule has 0 nitrogen and oxygen atoms in total. The summed E-state index contributed by atoms with van der Waals surface area (Å²) in [6.07, 6.45) is 2.57.